The van der Waals surface area contributed by atoms with E-state index in [2.05, 4.69) is 0 Å². The molecule has 0 aromatic carbocycles. The maximum atomic E-state index is 12.1. The third-order valence-electron chi connectivity index (χ3n) is 4.67. The summed E-state index contributed by atoms with van der Waals surface area (Å²) in [6.07, 6.45) is 17.7. The van der Waals surface area contributed by atoms with Crippen molar-refractivity contribution in [3.05, 3.63) is 48.6 Å². The summed E-state index contributed by atoms with van der Waals surface area (Å²) >= 11 is 0. The summed E-state index contributed by atoms with van der Waals surface area (Å²) in [6.45, 7) is 1.88. The number of hydrogen-bond donors (Lipinski definition) is 3. The minimum atomic E-state index is -0.784. The predicted octanol–water partition coefficient (Wildman–Crippen LogP) is 3.58. The van der Waals surface area contributed by atoms with Gasteiger partial charge in [-0.15, -0.1) is 0 Å². The van der Waals surface area contributed by atoms with Crippen LogP contribution in [0.5, 0.6) is 0 Å². The number of carboxylic acids is 1. The molecular weight excluding hydrogens is 344 g/mol. The summed E-state index contributed by atoms with van der Waals surface area (Å²) in [5, 5.41) is 28.2. The Labute approximate surface area is 161 Å². The van der Waals surface area contributed by atoms with Crippen LogP contribution in [-0.4, -0.2) is 39.3 Å². The topological polar surface area (TPSA) is 94.8 Å². The van der Waals surface area contributed by atoms with Crippen molar-refractivity contribution >= 4 is 11.8 Å². The van der Waals surface area contributed by atoms with Crippen LogP contribution in [0.25, 0.3) is 0 Å². The van der Waals surface area contributed by atoms with Gasteiger partial charge in [-0.25, -0.2) is 0 Å². The van der Waals surface area contributed by atoms with Crippen molar-refractivity contribution in [3.63, 3.8) is 0 Å². The van der Waals surface area contributed by atoms with E-state index in [0.29, 0.717) is 19.3 Å². The Bertz CT molecular complexity index is 573. The van der Waals surface area contributed by atoms with E-state index in [1.807, 2.05) is 43.4 Å². The highest BCUT2D eigenvalue weighted by molar-refractivity contribution is 5.84. The first-order valence-corrected chi connectivity index (χ1v) is 9.69. The van der Waals surface area contributed by atoms with E-state index in [-0.39, 0.29) is 30.5 Å². The molecule has 0 saturated heterocycles. The fraction of sp³-hybridized carbons (Fsp3) is 0.545. The van der Waals surface area contributed by atoms with Crippen LogP contribution in [0.3, 0.4) is 0 Å². The quantitative estimate of drug-likeness (QED) is 0.453. The van der Waals surface area contributed by atoms with Crippen LogP contribution in [-0.2, 0) is 9.59 Å². The van der Waals surface area contributed by atoms with Gasteiger partial charge in [-0.2, -0.15) is 0 Å². The molecule has 1 aliphatic rings. The summed E-state index contributed by atoms with van der Waals surface area (Å²) in [5.74, 6) is -1.16. The zero-order chi connectivity index (χ0) is 20.1. The average molecular weight is 376 g/mol. The monoisotopic (exact) mass is 376 g/mol. The summed E-state index contributed by atoms with van der Waals surface area (Å²) in [4.78, 5) is 22.5. The Balaban J connectivity index is 2.35. The number of aliphatic carboxylic acids is 1. The molecule has 5 heteroatoms. The Morgan fingerprint density at radius 3 is 2.41 bits per heavy atom. The lowest BCUT2D eigenvalue weighted by molar-refractivity contribution is -0.136. The fourth-order valence-corrected chi connectivity index (χ4v) is 3.03. The summed E-state index contributed by atoms with van der Waals surface area (Å²) in [7, 11) is 0. The van der Waals surface area contributed by atoms with Gasteiger partial charge in [0, 0.05) is 24.7 Å². The van der Waals surface area contributed by atoms with Gasteiger partial charge in [-0.05, 0) is 32.1 Å². The average Bonchev–Trinajstić information content (AvgIpc) is 2.90. The molecule has 150 valence electrons. The van der Waals surface area contributed by atoms with Crippen molar-refractivity contribution in [1.29, 1.82) is 0 Å². The van der Waals surface area contributed by atoms with Gasteiger partial charge in [-0.3, -0.25) is 9.59 Å². The van der Waals surface area contributed by atoms with Gasteiger partial charge in [0.2, 0.25) is 0 Å². The summed E-state index contributed by atoms with van der Waals surface area (Å²) < 4.78 is 0. The van der Waals surface area contributed by atoms with E-state index in [1.54, 1.807) is 12.2 Å². The predicted molar refractivity (Wildman–Crippen MR) is 106 cm³/mol. The number of allylic oxidation sites excluding steroid dienone is 6. The second-order valence-corrected chi connectivity index (χ2v) is 6.84. The highest BCUT2D eigenvalue weighted by Gasteiger charge is 2.39. The van der Waals surface area contributed by atoms with Gasteiger partial charge in [0.15, 0.2) is 0 Å². The standard InChI is InChI=1S/C22H32O5/c1-2-17(23)14-15-19-18(20(24)16-21(19)25)12-10-8-6-4-3-5-7-9-11-13-22(26)27/h3-4,7-10,14-15,17-19,21,23,25H,2,5-6,11-13,16H2,1H3,(H,26,27)/b4-3-,9-7-,10-8-,15-14+/t17-,18-,19-,21+/m1/s1. The van der Waals surface area contributed by atoms with Crippen LogP contribution in [0.2, 0.25) is 0 Å². The number of carboxylic acid groups (broad SMARTS) is 1. The maximum absolute atomic E-state index is 12.1. The van der Waals surface area contributed by atoms with E-state index < -0.39 is 18.2 Å². The highest BCUT2D eigenvalue weighted by Crippen LogP contribution is 2.33. The van der Waals surface area contributed by atoms with E-state index in [9.17, 15) is 19.8 Å². The van der Waals surface area contributed by atoms with Crippen LogP contribution in [0, 0.1) is 11.8 Å². The van der Waals surface area contributed by atoms with Crippen molar-refractivity contribution in [1.82, 2.24) is 0 Å². The second-order valence-electron chi connectivity index (χ2n) is 6.84. The second kappa shape index (κ2) is 13.2. The fourth-order valence-electron chi connectivity index (χ4n) is 3.03. The minimum Gasteiger partial charge on any atom is -0.481 e. The van der Waals surface area contributed by atoms with Crippen LogP contribution < -0.4 is 0 Å². The SMILES string of the molecule is CC[C@@H](O)/C=C/[C@H]1[C@@H](O)CC(=O)[C@@H]1C/C=C\C/C=C\C/C=C\CCC(=O)O. The largest absolute Gasteiger partial charge is 0.481 e. The molecule has 1 fully saturated rings. The zero-order valence-electron chi connectivity index (χ0n) is 16.0. The van der Waals surface area contributed by atoms with Crippen LogP contribution in [0.1, 0.15) is 51.9 Å². The smallest absolute Gasteiger partial charge is 0.303 e. The molecular formula is C22H32O5. The van der Waals surface area contributed by atoms with E-state index >= 15 is 0 Å². The Hall–Kier alpha value is -1.98. The van der Waals surface area contributed by atoms with Crippen molar-refractivity contribution < 1.29 is 24.9 Å². The van der Waals surface area contributed by atoms with Crippen LogP contribution >= 0.6 is 0 Å². The number of carbonyl (C=O) groups is 2. The number of ketones is 1. The number of rotatable bonds is 12. The lowest BCUT2D eigenvalue weighted by atomic mass is 9.90. The molecule has 1 saturated carbocycles. The molecule has 4 atom stereocenters. The Kier molecular flexibility index (Phi) is 11.3. The number of aliphatic hydroxyl groups excluding tert-OH is 2. The van der Waals surface area contributed by atoms with Crippen molar-refractivity contribution in [2.45, 2.75) is 64.1 Å². The van der Waals surface area contributed by atoms with E-state index in [0.717, 1.165) is 12.8 Å². The number of Topliss-reactive ketones (excluding diaryl/α,β-unsaturated/α-hetero) is 1. The van der Waals surface area contributed by atoms with Gasteiger partial charge in [0.1, 0.15) is 5.78 Å². The normalized spacial score (nSPS) is 24.9. The first-order valence-electron chi connectivity index (χ1n) is 9.69. The zero-order valence-corrected chi connectivity index (χ0v) is 16.0. The number of carbonyl (C=O) groups excluding carboxylic acids is 1. The molecule has 1 rings (SSSR count). The molecule has 3 N–H and O–H groups in total. The first kappa shape index (κ1) is 23.1. The van der Waals surface area contributed by atoms with Gasteiger partial charge >= 0.3 is 5.97 Å². The molecule has 0 unspecified atom stereocenters. The third kappa shape index (κ3) is 9.50. The molecule has 0 aromatic rings. The van der Waals surface area contributed by atoms with Gasteiger partial charge in [-0.1, -0.05) is 55.5 Å². The number of aliphatic hydroxyl groups is 2. The lowest BCUT2D eigenvalue weighted by Crippen LogP contribution is -2.18. The van der Waals surface area contributed by atoms with E-state index in [4.69, 9.17) is 5.11 Å². The Morgan fingerprint density at radius 2 is 1.78 bits per heavy atom. The number of hydrogen-bond acceptors (Lipinski definition) is 4. The lowest BCUT2D eigenvalue weighted by Gasteiger charge is -2.16. The van der Waals surface area contributed by atoms with Crippen LogP contribution in [0.4, 0.5) is 0 Å². The maximum Gasteiger partial charge on any atom is 0.303 e. The molecule has 5 nitrogen and oxygen atoms in total. The van der Waals surface area contributed by atoms with Gasteiger partial charge < -0.3 is 15.3 Å². The molecule has 0 amide bonds. The molecule has 27 heavy (non-hydrogen) atoms. The van der Waals surface area contributed by atoms with Gasteiger partial charge in [0.25, 0.3) is 0 Å². The first-order chi connectivity index (χ1) is 13.0. The molecule has 0 heterocycles. The van der Waals surface area contributed by atoms with E-state index in [1.165, 1.54) is 0 Å². The summed E-state index contributed by atoms with van der Waals surface area (Å²) in [5.41, 5.74) is 0. The van der Waals surface area contributed by atoms with Crippen LogP contribution in [0.15, 0.2) is 48.6 Å². The minimum absolute atomic E-state index is 0.0785. The molecule has 0 bridgehead atoms. The molecule has 0 aliphatic heterocycles. The van der Waals surface area contributed by atoms with Gasteiger partial charge in [0.05, 0.1) is 12.2 Å². The highest BCUT2D eigenvalue weighted by atomic mass is 16.4. The Morgan fingerprint density at radius 1 is 1.15 bits per heavy atom. The van der Waals surface area contributed by atoms with Crippen molar-refractivity contribution in [2.24, 2.45) is 11.8 Å². The molecule has 1 aliphatic carbocycles. The molecule has 0 spiro atoms. The third-order valence-corrected chi connectivity index (χ3v) is 4.67. The molecule has 0 aromatic heterocycles. The molecule has 0 radical (unpaired) electrons. The van der Waals surface area contributed by atoms with Crippen molar-refractivity contribution in [3.8, 4) is 0 Å². The summed E-state index contributed by atoms with van der Waals surface area (Å²) in [6, 6.07) is 0. The van der Waals surface area contributed by atoms with Crippen molar-refractivity contribution in [2.75, 3.05) is 0 Å².